The third kappa shape index (κ3) is 1.86. The first-order valence-electron chi connectivity index (χ1n) is 6.63. The lowest BCUT2D eigenvalue weighted by molar-refractivity contribution is -0.0792. The zero-order valence-corrected chi connectivity index (χ0v) is 12.3. The van der Waals surface area contributed by atoms with Crippen molar-refractivity contribution in [1.29, 1.82) is 0 Å². The molecule has 5 heteroatoms. The minimum absolute atomic E-state index is 0.0604. The Morgan fingerprint density at radius 2 is 2.40 bits per heavy atom. The number of aryl methyl sites for hydroxylation is 1. The van der Waals surface area contributed by atoms with Crippen LogP contribution in [0.25, 0.3) is 0 Å². The fraction of sp³-hybridized carbons (Fsp3) is 0.400. The summed E-state index contributed by atoms with van der Waals surface area (Å²) in [6, 6.07) is 3.56. The molecule has 106 valence electrons. The number of hydrogen-bond acceptors (Lipinski definition) is 2. The van der Waals surface area contributed by atoms with Gasteiger partial charge in [-0.15, -0.1) is 6.58 Å². The summed E-state index contributed by atoms with van der Waals surface area (Å²) in [5.74, 6) is 0.821. The molecule has 3 rings (SSSR count). The summed E-state index contributed by atoms with van der Waals surface area (Å²) in [6.45, 7) is 8.07. The number of amides is 2. The van der Waals surface area contributed by atoms with Crippen molar-refractivity contribution in [2.24, 2.45) is 0 Å². The maximum Gasteiger partial charge on any atom is 0.321 e. The zero-order chi connectivity index (χ0) is 14.5. The molecule has 20 heavy (non-hydrogen) atoms. The van der Waals surface area contributed by atoms with Gasteiger partial charge in [-0.1, -0.05) is 17.7 Å². The summed E-state index contributed by atoms with van der Waals surface area (Å²) < 4.78 is 6.17. The molecule has 1 aromatic rings. The Morgan fingerprint density at radius 1 is 1.65 bits per heavy atom. The van der Waals surface area contributed by atoms with E-state index in [1.54, 1.807) is 11.0 Å². The highest BCUT2D eigenvalue weighted by Gasteiger charge is 2.49. The van der Waals surface area contributed by atoms with Crippen LogP contribution in [-0.2, 0) is 0 Å². The third-order valence-electron chi connectivity index (χ3n) is 3.97. The van der Waals surface area contributed by atoms with E-state index in [0.29, 0.717) is 18.0 Å². The standard InChI is InChI=1S/C15H17ClN2O2/c1-4-5-18-14(19)17-12-8-15(18,3)20-13-9(2)6-10(16)7-11(12)13/h4,6-7,12H,1,5,8H2,2-3H3,(H,17,19). The van der Waals surface area contributed by atoms with Crippen LogP contribution in [0.1, 0.15) is 30.5 Å². The van der Waals surface area contributed by atoms with E-state index in [0.717, 1.165) is 16.9 Å². The van der Waals surface area contributed by atoms with Crippen molar-refractivity contribution in [2.45, 2.75) is 32.0 Å². The Balaban J connectivity index is 2.10. The minimum Gasteiger partial charge on any atom is -0.467 e. The van der Waals surface area contributed by atoms with E-state index >= 15 is 0 Å². The molecule has 2 unspecified atom stereocenters. The van der Waals surface area contributed by atoms with Crippen molar-refractivity contribution < 1.29 is 9.53 Å². The number of fused-ring (bicyclic) bond motifs is 4. The van der Waals surface area contributed by atoms with E-state index in [1.165, 1.54) is 0 Å². The molecule has 0 aromatic heterocycles. The van der Waals surface area contributed by atoms with Gasteiger partial charge in [0.05, 0.1) is 6.04 Å². The number of ether oxygens (including phenoxy) is 1. The number of rotatable bonds is 2. The van der Waals surface area contributed by atoms with Gasteiger partial charge in [0.1, 0.15) is 5.75 Å². The summed E-state index contributed by atoms with van der Waals surface area (Å²) in [5, 5.41) is 3.68. The second-order valence-corrected chi connectivity index (χ2v) is 5.96. The summed E-state index contributed by atoms with van der Waals surface area (Å²) in [5.41, 5.74) is 1.30. The molecule has 2 heterocycles. The van der Waals surface area contributed by atoms with E-state index in [1.807, 2.05) is 26.0 Å². The molecule has 2 bridgehead atoms. The first-order valence-corrected chi connectivity index (χ1v) is 7.00. The first kappa shape index (κ1) is 13.3. The quantitative estimate of drug-likeness (QED) is 0.849. The lowest BCUT2D eigenvalue weighted by Gasteiger charge is -2.50. The second-order valence-electron chi connectivity index (χ2n) is 5.52. The molecular weight excluding hydrogens is 276 g/mol. The number of hydrogen-bond donors (Lipinski definition) is 1. The summed E-state index contributed by atoms with van der Waals surface area (Å²) in [4.78, 5) is 13.9. The molecule has 2 aliphatic rings. The predicted octanol–water partition coefficient (Wildman–Crippen LogP) is 3.40. The number of nitrogens with zero attached hydrogens (tertiary/aromatic N) is 1. The maximum absolute atomic E-state index is 12.2. The number of urea groups is 1. The van der Waals surface area contributed by atoms with Crippen LogP contribution >= 0.6 is 11.6 Å². The molecule has 0 aliphatic carbocycles. The van der Waals surface area contributed by atoms with Crippen molar-refractivity contribution in [3.63, 3.8) is 0 Å². The van der Waals surface area contributed by atoms with Gasteiger partial charge in [-0.25, -0.2) is 4.79 Å². The van der Waals surface area contributed by atoms with Crippen LogP contribution in [0.4, 0.5) is 4.79 Å². The lowest BCUT2D eigenvalue weighted by atomic mass is 9.89. The van der Waals surface area contributed by atoms with Crippen LogP contribution in [0, 0.1) is 6.92 Å². The molecule has 2 amide bonds. The van der Waals surface area contributed by atoms with Gasteiger partial charge < -0.3 is 10.1 Å². The Morgan fingerprint density at radius 3 is 3.10 bits per heavy atom. The van der Waals surface area contributed by atoms with Crippen molar-refractivity contribution >= 4 is 17.6 Å². The van der Waals surface area contributed by atoms with E-state index in [2.05, 4.69) is 11.9 Å². The van der Waals surface area contributed by atoms with Crippen molar-refractivity contribution in [3.8, 4) is 5.75 Å². The van der Waals surface area contributed by atoms with Crippen LogP contribution in [0.15, 0.2) is 24.8 Å². The highest BCUT2D eigenvalue weighted by Crippen LogP contribution is 2.46. The zero-order valence-electron chi connectivity index (χ0n) is 11.6. The van der Waals surface area contributed by atoms with E-state index < -0.39 is 5.72 Å². The van der Waals surface area contributed by atoms with Crippen LogP contribution in [0.5, 0.6) is 5.75 Å². The van der Waals surface area contributed by atoms with Gasteiger partial charge in [-0.05, 0) is 31.5 Å². The number of benzene rings is 1. The van der Waals surface area contributed by atoms with Gasteiger partial charge in [0.15, 0.2) is 5.72 Å². The smallest absolute Gasteiger partial charge is 0.321 e. The minimum atomic E-state index is -0.646. The van der Waals surface area contributed by atoms with Gasteiger partial charge in [0.2, 0.25) is 0 Å². The highest BCUT2D eigenvalue weighted by molar-refractivity contribution is 6.30. The molecule has 4 nitrogen and oxygen atoms in total. The molecule has 0 saturated carbocycles. The maximum atomic E-state index is 12.2. The summed E-state index contributed by atoms with van der Waals surface area (Å²) in [7, 11) is 0. The third-order valence-corrected chi connectivity index (χ3v) is 4.19. The van der Waals surface area contributed by atoms with E-state index in [-0.39, 0.29) is 12.1 Å². The van der Waals surface area contributed by atoms with E-state index in [9.17, 15) is 4.79 Å². The molecule has 2 aliphatic heterocycles. The van der Waals surface area contributed by atoms with Gasteiger partial charge >= 0.3 is 6.03 Å². The highest BCUT2D eigenvalue weighted by atomic mass is 35.5. The van der Waals surface area contributed by atoms with Gasteiger partial charge in [-0.3, -0.25) is 4.90 Å². The average molecular weight is 293 g/mol. The van der Waals surface area contributed by atoms with Crippen LogP contribution in [-0.4, -0.2) is 23.2 Å². The van der Waals surface area contributed by atoms with Gasteiger partial charge in [0, 0.05) is 23.6 Å². The van der Waals surface area contributed by atoms with Gasteiger partial charge in [0.25, 0.3) is 0 Å². The summed E-state index contributed by atoms with van der Waals surface area (Å²) in [6.07, 6.45) is 2.40. The number of carbonyl (C=O) groups is 1. The topological polar surface area (TPSA) is 41.6 Å². The predicted molar refractivity (Wildman–Crippen MR) is 78.0 cm³/mol. The van der Waals surface area contributed by atoms with Crippen molar-refractivity contribution in [3.05, 3.63) is 40.9 Å². The van der Waals surface area contributed by atoms with Crippen LogP contribution in [0.3, 0.4) is 0 Å². The van der Waals surface area contributed by atoms with Crippen LogP contribution in [0.2, 0.25) is 5.02 Å². The number of halogens is 1. The molecule has 2 atom stereocenters. The Hall–Kier alpha value is -1.68. The summed E-state index contributed by atoms with van der Waals surface area (Å²) >= 11 is 6.12. The van der Waals surface area contributed by atoms with E-state index in [4.69, 9.17) is 16.3 Å². The average Bonchev–Trinajstić information content (AvgIpc) is 2.36. The monoisotopic (exact) mass is 292 g/mol. The van der Waals surface area contributed by atoms with Crippen molar-refractivity contribution in [2.75, 3.05) is 6.54 Å². The molecular formula is C15H17ClN2O2. The molecule has 0 spiro atoms. The Bertz CT molecular complexity index is 602. The molecule has 1 saturated heterocycles. The fourth-order valence-electron chi connectivity index (χ4n) is 3.05. The first-order chi connectivity index (χ1) is 9.44. The number of carbonyl (C=O) groups excluding carboxylic acids is 1. The molecule has 1 aromatic carbocycles. The molecule has 0 radical (unpaired) electrons. The molecule has 1 N–H and O–H groups in total. The lowest BCUT2D eigenvalue weighted by Crippen LogP contribution is -2.64. The van der Waals surface area contributed by atoms with Crippen LogP contribution < -0.4 is 10.1 Å². The van der Waals surface area contributed by atoms with Gasteiger partial charge in [-0.2, -0.15) is 0 Å². The largest absolute Gasteiger partial charge is 0.467 e. The Labute approximate surface area is 123 Å². The Kier molecular flexibility index (Phi) is 2.94. The van der Waals surface area contributed by atoms with Crippen molar-refractivity contribution in [1.82, 2.24) is 10.2 Å². The SMILES string of the molecule is C=CCN1C(=O)NC2CC1(C)Oc1c(C)cc(Cl)cc12. The number of nitrogens with one attached hydrogen (secondary N) is 1. The fourth-order valence-corrected chi connectivity index (χ4v) is 3.33. The second kappa shape index (κ2) is 4.42. The molecule has 1 fully saturated rings. The normalized spacial score (nSPS) is 27.4.